The van der Waals surface area contributed by atoms with Crippen LogP contribution in [0.25, 0.3) is 0 Å². The molecule has 0 bridgehead atoms. The Morgan fingerprint density at radius 1 is 1.04 bits per heavy atom. The van der Waals surface area contributed by atoms with Gasteiger partial charge in [-0.3, -0.25) is 4.79 Å². The van der Waals surface area contributed by atoms with E-state index in [4.69, 9.17) is 11.6 Å². The van der Waals surface area contributed by atoms with E-state index in [9.17, 15) is 9.90 Å². The molecule has 0 aromatic heterocycles. The van der Waals surface area contributed by atoms with Crippen LogP contribution in [0.2, 0.25) is 5.02 Å². The Hall–Kier alpha value is -2.08. The molecule has 1 aliphatic heterocycles. The minimum atomic E-state index is 0.00261. The van der Waals surface area contributed by atoms with Gasteiger partial charge >= 0.3 is 0 Å². The molecule has 6 heteroatoms. The molecule has 0 radical (unpaired) electrons. The van der Waals surface area contributed by atoms with Gasteiger partial charge in [0.25, 0.3) is 5.91 Å². The summed E-state index contributed by atoms with van der Waals surface area (Å²) in [7, 11) is 0. The predicted octanol–water partition coefficient (Wildman–Crippen LogP) is 0.456. The minimum Gasteiger partial charge on any atom is -0.507 e. The van der Waals surface area contributed by atoms with E-state index in [0.29, 0.717) is 23.0 Å². The number of fused-ring (bicyclic) bond motifs is 1. The first kappa shape index (κ1) is 19.2. The van der Waals surface area contributed by atoms with Crippen LogP contribution >= 0.6 is 11.6 Å². The van der Waals surface area contributed by atoms with Crippen molar-refractivity contribution in [1.82, 2.24) is 0 Å². The minimum absolute atomic E-state index is 0.00261. The lowest BCUT2D eigenvalue weighted by molar-refractivity contribution is -1.02. The van der Waals surface area contributed by atoms with Crippen LogP contribution < -0.4 is 15.1 Å². The zero-order valence-corrected chi connectivity index (χ0v) is 16.8. The summed E-state index contributed by atoms with van der Waals surface area (Å²) >= 11 is 6.11. The summed E-state index contributed by atoms with van der Waals surface area (Å²) in [5.41, 5.74) is 4.46. The number of rotatable bonds is 5. The standard InChI is InChI=1S/C22H26ClN3O2/c23-19-6-1-2-7-20(19)24-22(28)15-26-10-8-25(9-11-26)14-18-12-16-4-3-5-17(16)13-21(18)27/h1-2,6-7,12-13,27H,3-5,8-11,14-15H2,(H,24,28)/p+2. The Labute approximate surface area is 170 Å². The normalized spacial score (nSPS) is 21.3. The molecule has 0 saturated carbocycles. The third-order valence-electron chi connectivity index (χ3n) is 5.96. The maximum absolute atomic E-state index is 12.3. The number of benzene rings is 2. The van der Waals surface area contributed by atoms with E-state index in [0.717, 1.165) is 51.1 Å². The number of phenolic OH excluding ortho intramolecular Hbond substituents is 1. The molecule has 0 spiro atoms. The lowest BCUT2D eigenvalue weighted by Crippen LogP contribution is -3.28. The summed E-state index contributed by atoms with van der Waals surface area (Å²) < 4.78 is 0. The van der Waals surface area contributed by atoms with Crippen molar-refractivity contribution in [2.75, 3.05) is 38.0 Å². The average molecular weight is 402 g/mol. The number of piperazine rings is 1. The number of phenols is 1. The van der Waals surface area contributed by atoms with E-state index in [1.165, 1.54) is 27.3 Å². The van der Waals surface area contributed by atoms with Gasteiger partial charge in [-0.15, -0.1) is 0 Å². The highest BCUT2D eigenvalue weighted by molar-refractivity contribution is 6.33. The van der Waals surface area contributed by atoms with Gasteiger partial charge in [0, 0.05) is 5.56 Å². The molecule has 1 fully saturated rings. The van der Waals surface area contributed by atoms with Gasteiger partial charge in [0.1, 0.15) is 38.5 Å². The molecule has 1 heterocycles. The maximum Gasteiger partial charge on any atom is 0.279 e. The van der Waals surface area contributed by atoms with Gasteiger partial charge in [-0.2, -0.15) is 0 Å². The van der Waals surface area contributed by atoms with Gasteiger partial charge in [-0.25, -0.2) is 0 Å². The van der Waals surface area contributed by atoms with Crippen LogP contribution in [0.15, 0.2) is 36.4 Å². The highest BCUT2D eigenvalue weighted by atomic mass is 35.5. The predicted molar refractivity (Wildman–Crippen MR) is 110 cm³/mol. The van der Waals surface area contributed by atoms with Gasteiger partial charge < -0.3 is 20.2 Å². The molecule has 4 rings (SSSR count). The second kappa shape index (κ2) is 8.52. The van der Waals surface area contributed by atoms with Crippen LogP contribution in [-0.2, 0) is 24.2 Å². The molecule has 1 saturated heterocycles. The summed E-state index contributed by atoms with van der Waals surface area (Å²) in [4.78, 5) is 15.1. The number of aryl methyl sites for hydroxylation is 2. The van der Waals surface area contributed by atoms with Crippen molar-refractivity contribution in [2.24, 2.45) is 0 Å². The van der Waals surface area contributed by atoms with Gasteiger partial charge in [-0.05, 0) is 54.7 Å². The van der Waals surface area contributed by atoms with Gasteiger partial charge in [-0.1, -0.05) is 23.7 Å². The van der Waals surface area contributed by atoms with Crippen LogP contribution in [0.3, 0.4) is 0 Å². The highest BCUT2D eigenvalue weighted by Crippen LogP contribution is 2.28. The maximum atomic E-state index is 12.3. The monoisotopic (exact) mass is 401 g/mol. The number of halogens is 1. The van der Waals surface area contributed by atoms with E-state index < -0.39 is 0 Å². The highest BCUT2D eigenvalue weighted by Gasteiger charge is 2.26. The topological polar surface area (TPSA) is 58.2 Å². The lowest BCUT2D eigenvalue weighted by Gasteiger charge is -2.29. The molecule has 2 aliphatic rings. The third kappa shape index (κ3) is 4.49. The number of para-hydroxylation sites is 1. The zero-order chi connectivity index (χ0) is 19.5. The summed E-state index contributed by atoms with van der Waals surface area (Å²) in [5, 5.41) is 13.8. The Kier molecular flexibility index (Phi) is 5.85. The third-order valence-corrected chi connectivity index (χ3v) is 6.29. The number of carbonyl (C=O) groups excluding carboxylic acids is 1. The van der Waals surface area contributed by atoms with Crippen LogP contribution in [0.1, 0.15) is 23.1 Å². The SMILES string of the molecule is O=C(C[NH+]1CC[NH+](Cc2cc3c(cc2O)CCC3)CC1)Nc1ccccc1Cl. The number of nitrogens with one attached hydrogen (secondary N) is 3. The molecule has 1 aliphatic carbocycles. The fraction of sp³-hybridized carbons (Fsp3) is 0.409. The molecular weight excluding hydrogens is 374 g/mol. The smallest absolute Gasteiger partial charge is 0.279 e. The van der Waals surface area contributed by atoms with Crippen LogP contribution in [0.4, 0.5) is 5.69 Å². The second-order valence-electron chi connectivity index (χ2n) is 7.98. The van der Waals surface area contributed by atoms with Crippen LogP contribution in [0, 0.1) is 0 Å². The Bertz CT molecular complexity index is 863. The van der Waals surface area contributed by atoms with Crippen molar-refractivity contribution < 1.29 is 19.7 Å². The fourth-order valence-electron chi connectivity index (χ4n) is 4.37. The Morgan fingerprint density at radius 2 is 1.71 bits per heavy atom. The summed E-state index contributed by atoms with van der Waals surface area (Å²) in [6, 6.07) is 11.5. The summed E-state index contributed by atoms with van der Waals surface area (Å²) in [5.74, 6) is 0.449. The fourth-order valence-corrected chi connectivity index (χ4v) is 4.55. The molecule has 0 unspecified atom stereocenters. The van der Waals surface area contributed by atoms with Crippen molar-refractivity contribution in [3.05, 3.63) is 58.1 Å². The number of quaternary nitrogens is 2. The van der Waals surface area contributed by atoms with Gasteiger partial charge in [0.15, 0.2) is 6.54 Å². The van der Waals surface area contributed by atoms with Crippen molar-refractivity contribution in [2.45, 2.75) is 25.8 Å². The summed E-state index contributed by atoms with van der Waals surface area (Å²) in [6.07, 6.45) is 3.42. The number of amides is 1. The first-order chi connectivity index (χ1) is 13.6. The number of carbonyl (C=O) groups is 1. The molecule has 0 atom stereocenters. The molecule has 5 nitrogen and oxygen atoms in total. The first-order valence-corrected chi connectivity index (χ1v) is 10.5. The lowest BCUT2D eigenvalue weighted by atomic mass is 10.0. The van der Waals surface area contributed by atoms with Crippen molar-refractivity contribution in [1.29, 1.82) is 0 Å². The second-order valence-corrected chi connectivity index (χ2v) is 8.39. The Balaban J connectivity index is 1.27. The molecule has 148 valence electrons. The largest absolute Gasteiger partial charge is 0.507 e. The number of hydrogen-bond acceptors (Lipinski definition) is 2. The summed E-state index contributed by atoms with van der Waals surface area (Å²) in [6.45, 7) is 5.24. The molecule has 28 heavy (non-hydrogen) atoms. The van der Waals surface area contributed by atoms with E-state index in [2.05, 4.69) is 11.4 Å². The van der Waals surface area contributed by atoms with Gasteiger partial charge in [0.05, 0.1) is 10.7 Å². The number of aromatic hydroxyl groups is 1. The average Bonchev–Trinajstić information content (AvgIpc) is 3.12. The van der Waals surface area contributed by atoms with Gasteiger partial charge in [0.2, 0.25) is 0 Å². The van der Waals surface area contributed by atoms with Crippen molar-refractivity contribution in [3.8, 4) is 5.75 Å². The van der Waals surface area contributed by atoms with E-state index in [-0.39, 0.29) is 5.91 Å². The molecule has 2 aromatic carbocycles. The van der Waals surface area contributed by atoms with Crippen LogP contribution in [-0.4, -0.2) is 43.7 Å². The molecule has 1 amide bonds. The number of hydrogen-bond donors (Lipinski definition) is 4. The van der Waals surface area contributed by atoms with Crippen molar-refractivity contribution >= 4 is 23.2 Å². The molecular formula is C22H28ClN3O2+2. The van der Waals surface area contributed by atoms with E-state index in [1.807, 2.05) is 24.3 Å². The quantitative estimate of drug-likeness (QED) is 0.588. The van der Waals surface area contributed by atoms with E-state index in [1.54, 1.807) is 6.07 Å². The van der Waals surface area contributed by atoms with E-state index >= 15 is 0 Å². The van der Waals surface area contributed by atoms with Crippen LogP contribution in [0.5, 0.6) is 5.75 Å². The number of anilines is 1. The zero-order valence-electron chi connectivity index (χ0n) is 16.1. The van der Waals surface area contributed by atoms with Crippen molar-refractivity contribution in [3.63, 3.8) is 0 Å². The molecule has 4 N–H and O–H groups in total. The molecule has 2 aromatic rings. The first-order valence-electron chi connectivity index (χ1n) is 10.1. The Morgan fingerprint density at radius 3 is 2.46 bits per heavy atom.